The lowest BCUT2D eigenvalue weighted by Gasteiger charge is -2.10. The second-order valence-electron chi connectivity index (χ2n) is 3.40. The van der Waals surface area contributed by atoms with Crippen LogP contribution < -0.4 is 0 Å². The first-order chi connectivity index (χ1) is 5.50. The molecule has 1 aromatic heterocycles. The first-order valence-electron chi connectivity index (χ1n) is 4.31. The minimum Gasteiger partial charge on any atom is -0.339 e. The van der Waals surface area contributed by atoms with Gasteiger partial charge in [-0.15, -0.1) is 0 Å². The maximum Gasteiger partial charge on any atom is 0.232 e. The van der Waals surface area contributed by atoms with Crippen molar-refractivity contribution in [3.05, 3.63) is 11.7 Å². The highest BCUT2D eigenvalue weighted by Crippen LogP contribution is 2.18. The lowest BCUT2D eigenvalue weighted by molar-refractivity contribution is 0.319. The van der Waals surface area contributed by atoms with Crippen LogP contribution in [0.5, 0.6) is 0 Å². The second kappa shape index (κ2) is 4.24. The first kappa shape index (κ1) is 11.1. The smallest absolute Gasteiger partial charge is 0.232 e. The number of rotatable bonds is 0. The molecular formula is C9H18N2O. The Morgan fingerprint density at radius 1 is 1.17 bits per heavy atom. The topological polar surface area (TPSA) is 38.9 Å². The lowest BCUT2D eigenvalue weighted by atomic mass is 9.97. The van der Waals surface area contributed by atoms with E-state index in [2.05, 4.69) is 10.1 Å². The highest BCUT2D eigenvalue weighted by molar-refractivity contribution is 4.96. The molecular weight excluding hydrogens is 152 g/mol. The second-order valence-corrected chi connectivity index (χ2v) is 3.40. The van der Waals surface area contributed by atoms with Crippen molar-refractivity contribution < 1.29 is 4.52 Å². The van der Waals surface area contributed by atoms with Crippen LogP contribution in [0.1, 0.15) is 46.3 Å². The molecule has 1 rings (SSSR count). The molecule has 0 atom stereocenters. The zero-order chi connectivity index (χ0) is 9.78. The molecule has 3 heteroatoms. The van der Waals surface area contributed by atoms with Gasteiger partial charge in [-0.2, -0.15) is 4.98 Å². The fourth-order valence-corrected chi connectivity index (χ4v) is 0.602. The third-order valence-corrected chi connectivity index (χ3v) is 1.17. The molecule has 1 aromatic rings. The van der Waals surface area contributed by atoms with E-state index in [1.165, 1.54) is 0 Å². The van der Waals surface area contributed by atoms with Crippen LogP contribution in [0.15, 0.2) is 4.52 Å². The molecule has 0 saturated heterocycles. The van der Waals surface area contributed by atoms with Crippen molar-refractivity contribution in [3.8, 4) is 0 Å². The van der Waals surface area contributed by atoms with Crippen LogP contribution in [-0.4, -0.2) is 10.1 Å². The molecule has 0 unspecified atom stereocenters. The monoisotopic (exact) mass is 170 g/mol. The summed E-state index contributed by atoms with van der Waals surface area (Å²) in [5.74, 6) is 1.40. The molecule has 0 radical (unpaired) electrons. The SMILES string of the molecule is CC.Cc1noc(C(C)(C)C)n1. The van der Waals surface area contributed by atoms with E-state index in [4.69, 9.17) is 4.52 Å². The Bertz CT molecular complexity index is 223. The van der Waals surface area contributed by atoms with Crippen molar-refractivity contribution in [2.24, 2.45) is 0 Å². The van der Waals surface area contributed by atoms with Gasteiger partial charge in [0.15, 0.2) is 5.82 Å². The summed E-state index contributed by atoms with van der Waals surface area (Å²) >= 11 is 0. The summed E-state index contributed by atoms with van der Waals surface area (Å²) in [7, 11) is 0. The molecule has 0 N–H and O–H groups in total. The van der Waals surface area contributed by atoms with E-state index in [9.17, 15) is 0 Å². The molecule has 0 aromatic carbocycles. The highest BCUT2D eigenvalue weighted by Gasteiger charge is 2.20. The molecule has 0 bridgehead atoms. The molecule has 0 aliphatic rings. The van der Waals surface area contributed by atoms with E-state index in [1.807, 2.05) is 41.5 Å². The van der Waals surface area contributed by atoms with Crippen LogP contribution in [0.2, 0.25) is 0 Å². The van der Waals surface area contributed by atoms with Crippen LogP contribution >= 0.6 is 0 Å². The van der Waals surface area contributed by atoms with Gasteiger partial charge < -0.3 is 4.52 Å². The Labute approximate surface area is 74.2 Å². The van der Waals surface area contributed by atoms with Gasteiger partial charge in [0.2, 0.25) is 5.89 Å². The molecule has 70 valence electrons. The lowest BCUT2D eigenvalue weighted by Crippen LogP contribution is -2.11. The largest absolute Gasteiger partial charge is 0.339 e. The van der Waals surface area contributed by atoms with Crippen molar-refractivity contribution in [1.82, 2.24) is 10.1 Å². The minimum absolute atomic E-state index is 0.0265. The summed E-state index contributed by atoms with van der Waals surface area (Å²) in [4.78, 5) is 4.10. The quantitative estimate of drug-likeness (QED) is 0.601. The minimum atomic E-state index is -0.0265. The van der Waals surface area contributed by atoms with Gasteiger partial charge in [-0.3, -0.25) is 0 Å². The Balaban J connectivity index is 0.000000561. The van der Waals surface area contributed by atoms with Gasteiger partial charge in [0.1, 0.15) is 0 Å². The summed E-state index contributed by atoms with van der Waals surface area (Å²) in [5.41, 5.74) is -0.0265. The zero-order valence-electron chi connectivity index (χ0n) is 8.80. The van der Waals surface area contributed by atoms with Crippen molar-refractivity contribution in [2.75, 3.05) is 0 Å². The molecule has 0 spiro atoms. The van der Waals surface area contributed by atoms with E-state index in [1.54, 1.807) is 0 Å². The molecule has 3 nitrogen and oxygen atoms in total. The molecule has 0 amide bonds. The van der Waals surface area contributed by atoms with Gasteiger partial charge >= 0.3 is 0 Å². The Morgan fingerprint density at radius 3 is 1.83 bits per heavy atom. The zero-order valence-corrected chi connectivity index (χ0v) is 8.80. The van der Waals surface area contributed by atoms with E-state index < -0.39 is 0 Å². The van der Waals surface area contributed by atoms with Gasteiger partial charge in [-0.25, -0.2) is 0 Å². The number of aryl methyl sites for hydroxylation is 1. The Hall–Kier alpha value is -0.860. The molecule has 0 fully saturated rings. The van der Waals surface area contributed by atoms with Gasteiger partial charge in [0.25, 0.3) is 0 Å². The summed E-state index contributed by atoms with van der Waals surface area (Å²) in [6.45, 7) is 11.9. The van der Waals surface area contributed by atoms with Crippen LogP contribution in [-0.2, 0) is 5.41 Å². The number of nitrogens with zero attached hydrogens (tertiary/aromatic N) is 2. The van der Waals surface area contributed by atoms with E-state index in [0.29, 0.717) is 11.7 Å². The van der Waals surface area contributed by atoms with Crippen molar-refractivity contribution >= 4 is 0 Å². The summed E-state index contributed by atoms with van der Waals surface area (Å²) in [6, 6.07) is 0. The maximum atomic E-state index is 4.97. The average Bonchev–Trinajstić information content (AvgIpc) is 2.39. The summed E-state index contributed by atoms with van der Waals surface area (Å²) < 4.78 is 4.97. The predicted octanol–water partition coefficient (Wildman–Crippen LogP) is 2.70. The predicted molar refractivity (Wildman–Crippen MR) is 49.1 cm³/mol. The number of hydrogen-bond donors (Lipinski definition) is 0. The van der Waals surface area contributed by atoms with E-state index in [0.717, 1.165) is 0 Å². The van der Waals surface area contributed by atoms with Gasteiger partial charge in [0, 0.05) is 5.41 Å². The molecule has 0 aliphatic heterocycles. The van der Waals surface area contributed by atoms with Gasteiger partial charge in [-0.1, -0.05) is 39.8 Å². The van der Waals surface area contributed by atoms with Gasteiger partial charge in [0.05, 0.1) is 0 Å². The number of hydrogen-bond acceptors (Lipinski definition) is 3. The Kier molecular flexibility index (Phi) is 3.93. The Morgan fingerprint density at radius 2 is 1.67 bits per heavy atom. The molecule has 0 aliphatic carbocycles. The summed E-state index contributed by atoms with van der Waals surface area (Å²) in [6.07, 6.45) is 0. The third-order valence-electron chi connectivity index (χ3n) is 1.17. The summed E-state index contributed by atoms with van der Waals surface area (Å²) in [5, 5.41) is 3.70. The van der Waals surface area contributed by atoms with Crippen LogP contribution in [0.3, 0.4) is 0 Å². The van der Waals surface area contributed by atoms with Gasteiger partial charge in [-0.05, 0) is 6.92 Å². The first-order valence-corrected chi connectivity index (χ1v) is 4.31. The molecule has 12 heavy (non-hydrogen) atoms. The normalized spacial score (nSPS) is 10.5. The van der Waals surface area contributed by atoms with Crippen molar-refractivity contribution in [2.45, 2.75) is 47.0 Å². The van der Waals surface area contributed by atoms with Crippen LogP contribution in [0, 0.1) is 6.92 Å². The van der Waals surface area contributed by atoms with Crippen molar-refractivity contribution in [3.63, 3.8) is 0 Å². The highest BCUT2D eigenvalue weighted by atomic mass is 16.5. The standard InChI is InChI=1S/C7H12N2O.C2H6/c1-5-8-6(10-9-5)7(2,3)4;1-2/h1-4H3;1-2H3. The molecule has 0 saturated carbocycles. The number of aromatic nitrogens is 2. The van der Waals surface area contributed by atoms with Crippen LogP contribution in [0.4, 0.5) is 0 Å². The molecule has 1 heterocycles. The average molecular weight is 170 g/mol. The third kappa shape index (κ3) is 3.03. The maximum absolute atomic E-state index is 4.97. The fraction of sp³-hybridized carbons (Fsp3) is 0.778. The van der Waals surface area contributed by atoms with E-state index >= 15 is 0 Å². The van der Waals surface area contributed by atoms with Crippen molar-refractivity contribution in [1.29, 1.82) is 0 Å². The van der Waals surface area contributed by atoms with Crippen LogP contribution in [0.25, 0.3) is 0 Å². The van der Waals surface area contributed by atoms with E-state index in [-0.39, 0.29) is 5.41 Å². The fourth-order valence-electron chi connectivity index (χ4n) is 0.602.